The van der Waals surface area contributed by atoms with Gasteiger partial charge < -0.3 is 10.5 Å². The van der Waals surface area contributed by atoms with E-state index in [9.17, 15) is 0 Å². The number of hydrogen-bond donors (Lipinski definition) is 1. The van der Waals surface area contributed by atoms with E-state index < -0.39 is 0 Å². The van der Waals surface area contributed by atoms with Crippen LogP contribution in [0.15, 0.2) is 24.3 Å². The number of hydrogen-bond acceptors (Lipinski definition) is 3. The van der Waals surface area contributed by atoms with Crippen molar-refractivity contribution in [1.29, 1.82) is 0 Å². The zero-order valence-corrected chi connectivity index (χ0v) is 12.3. The van der Waals surface area contributed by atoms with Crippen LogP contribution in [0.5, 0.6) is 0 Å². The number of benzene rings is 1. The van der Waals surface area contributed by atoms with Gasteiger partial charge in [0.15, 0.2) is 0 Å². The molecule has 2 N–H and O–H groups in total. The molecule has 0 aromatic heterocycles. The lowest BCUT2D eigenvalue weighted by Crippen LogP contribution is -2.51. The van der Waals surface area contributed by atoms with Gasteiger partial charge in [-0.2, -0.15) is 0 Å². The minimum absolute atomic E-state index is 0.294. The van der Waals surface area contributed by atoms with Crippen molar-refractivity contribution in [3.05, 3.63) is 35.4 Å². The van der Waals surface area contributed by atoms with E-state index in [0.29, 0.717) is 24.7 Å². The smallest absolute Gasteiger partial charge is 0.0675 e. The molecule has 2 rings (SSSR count). The second-order valence-corrected chi connectivity index (χ2v) is 5.56. The van der Waals surface area contributed by atoms with Crippen LogP contribution in [0.1, 0.15) is 37.4 Å². The van der Waals surface area contributed by atoms with Crippen LogP contribution in [0.3, 0.4) is 0 Å². The first-order valence-corrected chi connectivity index (χ1v) is 7.29. The van der Waals surface area contributed by atoms with E-state index in [2.05, 4.69) is 49.9 Å². The molecule has 1 aromatic rings. The molecule has 1 fully saturated rings. The Bertz CT molecular complexity index is 390. The molecule has 3 nitrogen and oxygen atoms in total. The Morgan fingerprint density at radius 3 is 2.63 bits per heavy atom. The number of nitrogens with two attached hydrogens (primary N) is 1. The summed E-state index contributed by atoms with van der Waals surface area (Å²) in [6.07, 6.45) is 1.40. The van der Waals surface area contributed by atoms with E-state index >= 15 is 0 Å². The van der Waals surface area contributed by atoms with Gasteiger partial charge in [-0.25, -0.2) is 0 Å². The highest BCUT2D eigenvalue weighted by Gasteiger charge is 2.31. The predicted octanol–water partition coefficient (Wildman–Crippen LogP) is 2.49. The molecular formula is C16H26N2O. The van der Waals surface area contributed by atoms with Crippen molar-refractivity contribution in [1.82, 2.24) is 4.90 Å². The Hall–Kier alpha value is -0.900. The molecule has 0 amide bonds. The number of aryl methyl sites for hydroxylation is 1. The average molecular weight is 262 g/mol. The lowest BCUT2D eigenvalue weighted by Gasteiger charge is -2.43. The molecule has 1 aliphatic rings. The molecular weight excluding hydrogens is 236 g/mol. The third-order valence-electron chi connectivity index (χ3n) is 4.07. The molecule has 1 heterocycles. The summed E-state index contributed by atoms with van der Waals surface area (Å²) in [4.78, 5) is 2.53. The van der Waals surface area contributed by atoms with Crippen LogP contribution in [-0.2, 0) is 4.74 Å². The molecule has 0 saturated carbocycles. The van der Waals surface area contributed by atoms with Gasteiger partial charge >= 0.3 is 0 Å². The zero-order valence-electron chi connectivity index (χ0n) is 12.3. The predicted molar refractivity (Wildman–Crippen MR) is 79.2 cm³/mol. The maximum atomic E-state index is 6.05. The number of morpholine rings is 1. The monoisotopic (exact) mass is 262 g/mol. The van der Waals surface area contributed by atoms with Crippen molar-refractivity contribution in [2.75, 3.05) is 19.7 Å². The molecule has 0 aliphatic carbocycles. The van der Waals surface area contributed by atoms with Crippen LogP contribution < -0.4 is 5.73 Å². The summed E-state index contributed by atoms with van der Waals surface area (Å²) in [6.45, 7) is 8.93. The van der Waals surface area contributed by atoms with Gasteiger partial charge in [0, 0.05) is 25.2 Å². The topological polar surface area (TPSA) is 38.5 Å². The van der Waals surface area contributed by atoms with Crippen molar-refractivity contribution < 1.29 is 4.74 Å². The minimum Gasteiger partial charge on any atom is -0.376 e. The summed E-state index contributed by atoms with van der Waals surface area (Å²) in [5.74, 6) is 0. The van der Waals surface area contributed by atoms with Crippen LogP contribution in [0, 0.1) is 6.92 Å². The Morgan fingerprint density at radius 2 is 2.05 bits per heavy atom. The summed E-state index contributed by atoms with van der Waals surface area (Å²) >= 11 is 0. The quantitative estimate of drug-likeness (QED) is 0.906. The van der Waals surface area contributed by atoms with Gasteiger partial charge in [0.2, 0.25) is 0 Å². The van der Waals surface area contributed by atoms with Crippen LogP contribution in [0.2, 0.25) is 0 Å². The second-order valence-electron chi connectivity index (χ2n) is 5.56. The molecule has 1 aromatic carbocycles. The van der Waals surface area contributed by atoms with Crippen LogP contribution in [-0.4, -0.2) is 36.7 Å². The van der Waals surface area contributed by atoms with Crippen molar-refractivity contribution >= 4 is 0 Å². The average Bonchev–Trinajstić information content (AvgIpc) is 2.42. The fraction of sp³-hybridized carbons (Fsp3) is 0.625. The van der Waals surface area contributed by atoms with Crippen LogP contribution in [0.25, 0.3) is 0 Å². The molecule has 0 bridgehead atoms. The highest BCUT2D eigenvalue weighted by molar-refractivity contribution is 5.24. The van der Waals surface area contributed by atoms with E-state index in [4.69, 9.17) is 10.5 Å². The normalized spacial score (nSPS) is 26.3. The van der Waals surface area contributed by atoms with E-state index in [-0.39, 0.29) is 0 Å². The summed E-state index contributed by atoms with van der Waals surface area (Å²) in [6, 6.07) is 9.54. The van der Waals surface area contributed by atoms with E-state index in [1.165, 1.54) is 11.1 Å². The molecule has 19 heavy (non-hydrogen) atoms. The Morgan fingerprint density at radius 1 is 1.37 bits per heavy atom. The molecule has 3 atom stereocenters. The van der Waals surface area contributed by atoms with Gasteiger partial charge in [-0.3, -0.25) is 4.90 Å². The SMILES string of the molecule is CCC1COC(C)CN1C(CN)c1ccc(C)cc1. The van der Waals surface area contributed by atoms with Gasteiger partial charge in [0.05, 0.1) is 12.7 Å². The lowest BCUT2D eigenvalue weighted by molar-refractivity contribution is -0.0719. The third kappa shape index (κ3) is 3.35. The lowest BCUT2D eigenvalue weighted by atomic mass is 9.99. The van der Waals surface area contributed by atoms with Crippen LogP contribution in [0.4, 0.5) is 0 Å². The highest BCUT2D eigenvalue weighted by Crippen LogP contribution is 2.27. The van der Waals surface area contributed by atoms with Crippen molar-refractivity contribution in [2.24, 2.45) is 5.73 Å². The highest BCUT2D eigenvalue weighted by atomic mass is 16.5. The first-order valence-electron chi connectivity index (χ1n) is 7.29. The summed E-state index contributed by atoms with van der Waals surface area (Å²) < 4.78 is 5.78. The van der Waals surface area contributed by atoms with Gasteiger partial charge in [0.1, 0.15) is 0 Å². The molecule has 3 heteroatoms. The van der Waals surface area contributed by atoms with Gasteiger partial charge in [-0.1, -0.05) is 36.8 Å². The van der Waals surface area contributed by atoms with E-state index in [1.54, 1.807) is 0 Å². The molecule has 0 radical (unpaired) electrons. The minimum atomic E-state index is 0.294. The third-order valence-corrected chi connectivity index (χ3v) is 4.07. The molecule has 3 unspecified atom stereocenters. The Kier molecular flexibility index (Phi) is 4.97. The standard InChI is InChI=1S/C16H26N2O/c1-4-15-11-19-13(3)10-18(15)16(9-17)14-7-5-12(2)6-8-14/h5-8,13,15-16H,4,9-11,17H2,1-3H3. The van der Waals surface area contributed by atoms with Gasteiger partial charge in [0.25, 0.3) is 0 Å². The molecule has 106 valence electrons. The zero-order chi connectivity index (χ0) is 13.8. The number of ether oxygens (including phenoxy) is 1. The van der Waals surface area contributed by atoms with Gasteiger partial charge in [-0.15, -0.1) is 0 Å². The summed E-state index contributed by atoms with van der Waals surface area (Å²) in [5.41, 5.74) is 8.67. The van der Waals surface area contributed by atoms with Gasteiger partial charge in [-0.05, 0) is 25.8 Å². The van der Waals surface area contributed by atoms with Crippen LogP contribution >= 0.6 is 0 Å². The van der Waals surface area contributed by atoms with Crippen molar-refractivity contribution in [3.63, 3.8) is 0 Å². The summed E-state index contributed by atoms with van der Waals surface area (Å²) in [5, 5.41) is 0. The first kappa shape index (κ1) is 14.5. The molecule has 1 aliphatic heterocycles. The number of rotatable bonds is 4. The fourth-order valence-electron chi connectivity index (χ4n) is 2.86. The number of nitrogens with zero attached hydrogens (tertiary/aromatic N) is 1. The van der Waals surface area contributed by atoms with E-state index in [1.807, 2.05) is 0 Å². The second kappa shape index (κ2) is 6.51. The maximum absolute atomic E-state index is 6.05. The largest absolute Gasteiger partial charge is 0.376 e. The fourth-order valence-corrected chi connectivity index (χ4v) is 2.86. The Balaban J connectivity index is 2.21. The molecule has 0 spiro atoms. The molecule has 1 saturated heterocycles. The van der Waals surface area contributed by atoms with Crippen molar-refractivity contribution in [3.8, 4) is 0 Å². The Labute approximate surface area is 116 Å². The first-order chi connectivity index (χ1) is 9.15. The van der Waals surface area contributed by atoms with Crippen molar-refractivity contribution in [2.45, 2.75) is 45.4 Å². The summed E-state index contributed by atoms with van der Waals surface area (Å²) in [7, 11) is 0. The van der Waals surface area contributed by atoms with E-state index in [0.717, 1.165) is 19.6 Å². The maximum Gasteiger partial charge on any atom is 0.0675 e.